The highest BCUT2D eigenvalue weighted by molar-refractivity contribution is 6.32. The molecular formula is C24H26ClN3O2. The molecule has 0 unspecified atom stereocenters. The Bertz CT molecular complexity index is 1040. The summed E-state index contributed by atoms with van der Waals surface area (Å²) < 4.78 is 7.97. The lowest BCUT2D eigenvalue weighted by Gasteiger charge is -2.25. The lowest BCUT2D eigenvalue weighted by Crippen LogP contribution is -2.35. The van der Waals surface area contributed by atoms with Gasteiger partial charge in [-0.15, -0.1) is 0 Å². The van der Waals surface area contributed by atoms with Crippen LogP contribution in [-0.4, -0.2) is 26.6 Å². The SMILES string of the molecule is CC(C)C(=O)N(Cc1c(-c2ccccc2)nn(C)c1Oc1ccccc1Cl)C1CC1. The minimum absolute atomic E-state index is 0.0598. The first-order chi connectivity index (χ1) is 14.5. The standard InChI is InChI=1S/C24H26ClN3O2/c1-16(2)23(29)28(18-13-14-18)15-19-22(17-9-5-4-6-10-17)26-27(3)24(19)30-21-12-8-7-11-20(21)25/h4-12,16,18H,13-15H2,1-3H3. The number of amides is 1. The van der Waals surface area contributed by atoms with Crippen molar-refractivity contribution in [2.45, 2.75) is 39.3 Å². The first kappa shape index (κ1) is 20.5. The molecule has 1 amide bonds. The molecule has 1 aromatic heterocycles. The van der Waals surface area contributed by atoms with Gasteiger partial charge in [0.15, 0.2) is 0 Å². The Morgan fingerprint density at radius 3 is 2.47 bits per heavy atom. The maximum Gasteiger partial charge on any atom is 0.225 e. The summed E-state index contributed by atoms with van der Waals surface area (Å²) in [5, 5.41) is 5.29. The van der Waals surface area contributed by atoms with E-state index in [0.29, 0.717) is 23.2 Å². The molecule has 1 aliphatic carbocycles. The van der Waals surface area contributed by atoms with E-state index in [2.05, 4.69) is 0 Å². The summed E-state index contributed by atoms with van der Waals surface area (Å²) in [7, 11) is 1.86. The van der Waals surface area contributed by atoms with Crippen LogP contribution in [0.4, 0.5) is 0 Å². The van der Waals surface area contributed by atoms with Crippen molar-refractivity contribution in [3.63, 3.8) is 0 Å². The zero-order chi connectivity index (χ0) is 21.3. The van der Waals surface area contributed by atoms with Crippen LogP contribution >= 0.6 is 11.6 Å². The molecule has 2 aromatic carbocycles. The van der Waals surface area contributed by atoms with Gasteiger partial charge in [0.25, 0.3) is 0 Å². The Morgan fingerprint density at radius 1 is 1.17 bits per heavy atom. The molecular weight excluding hydrogens is 398 g/mol. The topological polar surface area (TPSA) is 47.4 Å². The van der Waals surface area contributed by atoms with Gasteiger partial charge in [0, 0.05) is 24.6 Å². The van der Waals surface area contributed by atoms with Crippen LogP contribution in [0.25, 0.3) is 11.3 Å². The largest absolute Gasteiger partial charge is 0.437 e. The van der Waals surface area contributed by atoms with Crippen molar-refractivity contribution in [1.29, 1.82) is 0 Å². The predicted molar refractivity (Wildman–Crippen MR) is 119 cm³/mol. The summed E-state index contributed by atoms with van der Waals surface area (Å²) in [5.41, 5.74) is 2.71. The van der Waals surface area contributed by atoms with Gasteiger partial charge in [-0.1, -0.05) is 67.9 Å². The van der Waals surface area contributed by atoms with Crippen molar-refractivity contribution in [3.05, 3.63) is 65.2 Å². The van der Waals surface area contributed by atoms with E-state index in [0.717, 1.165) is 29.7 Å². The average molecular weight is 424 g/mol. The molecule has 0 atom stereocenters. The van der Waals surface area contributed by atoms with Gasteiger partial charge in [-0.25, -0.2) is 4.68 Å². The summed E-state index contributed by atoms with van der Waals surface area (Å²) in [4.78, 5) is 14.9. The molecule has 1 aliphatic rings. The molecule has 3 aromatic rings. The van der Waals surface area contributed by atoms with Gasteiger partial charge in [-0.2, -0.15) is 5.10 Å². The van der Waals surface area contributed by atoms with Crippen molar-refractivity contribution in [2.75, 3.05) is 0 Å². The highest BCUT2D eigenvalue weighted by Crippen LogP contribution is 2.38. The van der Waals surface area contributed by atoms with Crippen molar-refractivity contribution in [3.8, 4) is 22.9 Å². The van der Waals surface area contributed by atoms with E-state index in [9.17, 15) is 4.79 Å². The number of hydrogen-bond donors (Lipinski definition) is 0. The number of nitrogens with zero attached hydrogens (tertiary/aromatic N) is 3. The van der Waals surface area contributed by atoms with E-state index in [4.69, 9.17) is 21.4 Å². The number of hydrogen-bond acceptors (Lipinski definition) is 3. The third kappa shape index (κ3) is 4.21. The Morgan fingerprint density at radius 2 is 1.83 bits per heavy atom. The molecule has 0 bridgehead atoms. The Labute approximate surface area is 182 Å². The number of carbonyl (C=O) groups excluding carboxylic acids is 1. The number of rotatable bonds is 7. The summed E-state index contributed by atoms with van der Waals surface area (Å²) in [6, 6.07) is 17.7. The third-order valence-corrected chi connectivity index (χ3v) is 5.58. The molecule has 5 nitrogen and oxygen atoms in total. The van der Waals surface area contributed by atoms with Gasteiger partial charge in [-0.05, 0) is 25.0 Å². The molecule has 1 saturated carbocycles. The second-order valence-corrected chi connectivity index (χ2v) is 8.41. The molecule has 6 heteroatoms. The molecule has 0 spiro atoms. The molecule has 4 rings (SSSR count). The minimum atomic E-state index is -0.0598. The molecule has 0 radical (unpaired) electrons. The Balaban J connectivity index is 1.79. The summed E-state index contributed by atoms with van der Waals surface area (Å²) >= 11 is 6.34. The van der Waals surface area contributed by atoms with Crippen LogP contribution in [0.1, 0.15) is 32.3 Å². The highest BCUT2D eigenvalue weighted by atomic mass is 35.5. The van der Waals surface area contributed by atoms with Crippen LogP contribution in [-0.2, 0) is 18.4 Å². The lowest BCUT2D eigenvalue weighted by molar-refractivity contribution is -0.135. The Kier molecular flexibility index (Phi) is 5.82. The normalized spacial score (nSPS) is 13.5. The van der Waals surface area contributed by atoms with Crippen LogP contribution in [0, 0.1) is 5.92 Å². The first-order valence-corrected chi connectivity index (χ1v) is 10.7. The zero-order valence-electron chi connectivity index (χ0n) is 17.5. The van der Waals surface area contributed by atoms with Gasteiger partial charge < -0.3 is 9.64 Å². The van der Waals surface area contributed by atoms with E-state index in [1.165, 1.54) is 0 Å². The molecule has 1 heterocycles. The van der Waals surface area contributed by atoms with Crippen LogP contribution < -0.4 is 4.74 Å². The van der Waals surface area contributed by atoms with Crippen molar-refractivity contribution in [2.24, 2.45) is 13.0 Å². The van der Waals surface area contributed by atoms with E-state index < -0.39 is 0 Å². The second-order valence-electron chi connectivity index (χ2n) is 8.01. The lowest BCUT2D eigenvalue weighted by atomic mass is 10.1. The van der Waals surface area contributed by atoms with Crippen LogP contribution in [0.3, 0.4) is 0 Å². The smallest absolute Gasteiger partial charge is 0.225 e. The fourth-order valence-electron chi connectivity index (χ4n) is 3.56. The molecule has 0 aliphatic heterocycles. The first-order valence-electron chi connectivity index (χ1n) is 10.3. The van der Waals surface area contributed by atoms with E-state index in [1.807, 2.05) is 74.3 Å². The number of carbonyl (C=O) groups is 1. The number of benzene rings is 2. The summed E-state index contributed by atoms with van der Waals surface area (Å²) in [5.74, 6) is 1.26. The Hall–Kier alpha value is -2.79. The van der Waals surface area contributed by atoms with Crippen molar-refractivity contribution < 1.29 is 9.53 Å². The summed E-state index contributed by atoms with van der Waals surface area (Å²) in [6.07, 6.45) is 2.08. The zero-order valence-corrected chi connectivity index (χ0v) is 18.3. The van der Waals surface area contributed by atoms with Gasteiger partial charge in [-0.3, -0.25) is 4.79 Å². The summed E-state index contributed by atoms with van der Waals surface area (Å²) in [6.45, 7) is 4.35. The van der Waals surface area contributed by atoms with Gasteiger partial charge in [0.2, 0.25) is 11.8 Å². The molecule has 0 N–H and O–H groups in total. The minimum Gasteiger partial charge on any atom is -0.437 e. The number of para-hydroxylation sites is 1. The fraction of sp³-hybridized carbons (Fsp3) is 0.333. The molecule has 156 valence electrons. The van der Waals surface area contributed by atoms with Crippen molar-refractivity contribution >= 4 is 17.5 Å². The number of aryl methyl sites for hydroxylation is 1. The van der Waals surface area contributed by atoms with Gasteiger partial charge in [0.1, 0.15) is 11.4 Å². The van der Waals surface area contributed by atoms with Gasteiger partial charge in [0.05, 0.1) is 17.1 Å². The molecule has 0 saturated heterocycles. The van der Waals surface area contributed by atoms with Gasteiger partial charge >= 0.3 is 0 Å². The van der Waals surface area contributed by atoms with Crippen LogP contribution in [0.2, 0.25) is 5.02 Å². The fourth-order valence-corrected chi connectivity index (χ4v) is 3.73. The second kappa shape index (κ2) is 8.52. The average Bonchev–Trinajstić information content (AvgIpc) is 3.54. The van der Waals surface area contributed by atoms with Crippen molar-refractivity contribution in [1.82, 2.24) is 14.7 Å². The molecule has 1 fully saturated rings. The quantitative estimate of drug-likeness (QED) is 0.491. The predicted octanol–water partition coefficient (Wildman–Crippen LogP) is 5.68. The number of ether oxygens (including phenoxy) is 1. The van der Waals surface area contributed by atoms with E-state index in [-0.39, 0.29) is 17.9 Å². The monoisotopic (exact) mass is 423 g/mol. The van der Waals surface area contributed by atoms with Crippen LogP contribution in [0.5, 0.6) is 11.6 Å². The maximum absolute atomic E-state index is 12.9. The van der Waals surface area contributed by atoms with Crippen LogP contribution in [0.15, 0.2) is 54.6 Å². The number of aromatic nitrogens is 2. The van der Waals surface area contributed by atoms with E-state index in [1.54, 1.807) is 10.7 Å². The molecule has 30 heavy (non-hydrogen) atoms. The highest BCUT2D eigenvalue weighted by Gasteiger charge is 2.35. The number of halogens is 1. The maximum atomic E-state index is 12.9. The third-order valence-electron chi connectivity index (χ3n) is 5.27. The van der Waals surface area contributed by atoms with E-state index >= 15 is 0 Å².